The molecule has 0 aliphatic carbocycles. The Labute approximate surface area is 134 Å². The average Bonchev–Trinajstić information content (AvgIpc) is 2.41. The third-order valence-electron chi connectivity index (χ3n) is 2.50. The number of nitrogens with one attached hydrogen (secondary N) is 2. The Morgan fingerprint density at radius 2 is 2.00 bits per heavy atom. The number of carbonyl (C=O) groups is 2. The maximum atomic E-state index is 11.9. The molecule has 5 nitrogen and oxygen atoms in total. The van der Waals surface area contributed by atoms with Crippen molar-refractivity contribution in [2.45, 2.75) is 13.3 Å². The molecule has 0 aromatic heterocycles. The van der Waals surface area contributed by atoms with Crippen LogP contribution in [-0.4, -0.2) is 32.1 Å². The number of rotatable bonds is 6. The molecule has 1 amide bonds. The van der Waals surface area contributed by atoms with Gasteiger partial charge in [0.1, 0.15) is 0 Å². The molecule has 0 saturated heterocycles. The number of esters is 1. The summed E-state index contributed by atoms with van der Waals surface area (Å²) in [6, 6.07) is 3.36. The molecule has 20 heavy (non-hydrogen) atoms. The molecule has 0 aliphatic rings. The van der Waals surface area contributed by atoms with Crippen molar-refractivity contribution >= 4 is 49.4 Å². The summed E-state index contributed by atoms with van der Waals surface area (Å²) in [6.07, 6.45) is 0.330. The van der Waals surface area contributed by atoms with E-state index in [-0.39, 0.29) is 5.91 Å². The fraction of sp³-hybridized carbons (Fsp3) is 0.385. The van der Waals surface area contributed by atoms with Crippen LogP contribution in [0, 0.1) is 0 Å². The van der Waals surface area contributed by atoms with Crippen molar-refractivity contribution in [3.05, 3.63) is 26.6 Å². The zero-order valence-electron chi connectivity index (χ0n) is 11.3. The third-order valence-corrected chi connectivity index (χ3v) is 3.59. The van der Waals surface area contributed by atoms with Crippen LogP contribution in [0.3, 0.4) is 0 Å². The van der Waals surface area contributed by atoms with E-state index >= 15 is 0 Å². The lowest BCUT2D eigenvalue weighted by Gasteiger charge is -2.12. The highest BCUT2D eigenvalue weighted by molar-refractivity contribution is 9.11. The normalized spacial score (nSPS) is 10.2. The van der Waals surface area contributed by atoms with Gasteiger partial charge in [0.2, 0.25) is 5.91 Å². The minimum Gasteiger partial charge on any atom is -0.465 e. The molecule has 0 spiro atoms. The summed E-state index contributed by atoms with van der Waals surface area (Å²) >= 11 is 6.64. The first-order chi connectivity index (χ1) is 9.49. The lowest BCUT2D eigenvalue weighted by atomic mass is 10.1. The summed E-state index contributed by atoms with van der Waals surface area (Å²) < 4.78 is 6.06. The van der Waals surface area contributed by atoms with Crippen LogP contribution in [-0.2, 0) is 9.53 Å². The van der Waals surface area contributed by atoms with Crippen LogP contribution in [0.15, 0.2) is 21.1 Å². The Balaban J connectivity index is 2.93. The van der Waals surface area contributed by atoms with Crippen LogP contribution in [0.25, 0.3) is 0 Å². The van der Waals surface area contributed by atoms with Gasteiger partial charge in [-0.2, -0.15) is 0 Å². The summed E-state index contributed by atoms with van der Waals surface area (Å²) in [7, 11) is 1.30. The highest BCUT2D eigenvalue weighted by Crippen LogP contribution is 2.31. The Kier molecular flexibility index (Phi) is 7.18. The molecule has 1 rings (SSSR count). The lowest BCUT2D eigenvalue weighted by Crippen LogP contribution is -2.22. The van der Waals surface area contributed by atoms with Crippen LogP contribution < -0.4 is 10.6 Å². The van der Waals surface area contributed by atoms with Gasteiger partial charge in [-0.1, -0.05) is 22.9 Å². The van der Waals surface area contributed by atoms with Crippen LogP contribution in [0.5, 0.6) is 0 Å². The van der Waals surface area contributed by atoms with Crippen molar-refractivity contribution in [3.8, 4) is 0 Å². The van der Waals surface area contributed by atoms with Crippen LogP contribution in [0.4, 0.5) is 5.69 Å². The van der Waals surface area contributed by atoms with E-state index < -0.39 is 5.97 Å². The van der Waals surface area contributed by atoms with Crippen molar-refractivity contribution in [2.24, 2.45) is 0 Å². The molecule has 0 unspecified atom stereocenters. The van der Waals surface area contributed by atoms with Gasteiger partial charge in [-0.15, -0.1) is 0 Å². The maximum absolute atomic E-state index is 11.9. The SMILES string of the molecule is CCNCCC(=O)Nc1c(Br)cc(Br)cc1C(=O)OC. The first-order valence-electron chi connectivity index (χ1n) is 6.07. The molecule has 1 aromatic rings. The van der Waals surface area contributed by atoms with Crippen molar-refractivity contribution in [3.63, 3.8) is 0 Å². The smallest absolute Gasteiger partial charge is 0.340 e. The molecule has 0 bridgehead atoms. The second-order valence-corrected chi connectivity index (χ2v) is 5.72. The number of methoxy groups -OCH3 is 1. The summed E-state index contributed by atoms with van der Waals surface area (Å²) in [5.41, 5.74) is 0.715. The minimum atomic E-state index is -0.506. The molecular weight excluding hydrogens is 392 g/mol. The molecule has 7 heteroatoms. The summed E-state index contributed by atoms with van der Waals surface area (Å²) in [4.78, 5) is 23.6. The van der Waals surface area contributed by atoms with Gasteiger partial charge in [0.15, 0.2) is 0 Å². The quantitative estimate of drug-likeness (QED) is 0.562. The molecule has 0 heterocycles. The monoisotopic (exact) mass is 406 g/mol. The number of ether oxygens (including phenoxy) is 1. The highest BCUT2D eigenvalue weighted by atomic mass is 79.9. The fourth-order valence-electron chi connectivity index (χ4n) is 1.55. The predicted molar refractivity (Wildman–Crippen MR) is 85.0 cm³/mol. The molecule has 0 atom stereocenters. The Hall–Kier alpha value is -0.920. The van der Waals surface area contributed by atoms with E-state index in [0.717, 1.165) is 11.0 Å². The van der Waals surface area contributed by atoms with Gasteiger partial charge < -0.3 is 15.4 Å². The van der Waals surface area contributed by atoms with Gasteiger partial charge in [-0.3, -0.25) is 4.79 Å². The molecule has 0 saturated carbocycles. The van der Waals surface area contributed by atoms with Crippen molar-refractivity contribution in [1.82, 2.24) is 5.32 Å². The van der Waals surface area contributed by atoms with Crippen molar-refractivity contribution < 1.29 is 14.3 Å². The number of hydrogen-bond donors (Lipinski definition) is 2. The number of benzene rings is 1. The number of hydrogen-bond acceptors (Lipinski definition) is 4. The van der Waals surface area contributed by atoms with Crippen molar-refractivity contribution in [2.75, 3.05) is 25.5 Å². The van der Waals surface area contributed by atoms with Crippen LogP contribution in [0.2, 0.25) is 0 Å². The lowest BCUT2D eigenvalue weighted by molar-refractivity contribution is -0.116. The molecule has 0 radical (unpaired) electrons. The summed E-state index contributed by atoms with van der Waals surface area (Å²) in [6.45, 7) is 3.37. The predicted octanol–water partition coefficient (Wildman–Crippen LogP) is 2.94. The van der Waals surface area contributed by atoms with E-state index in [2.05, 4.69) is 42.5 Å². The van der Waals surface area contributed by atoms with E-state index in [9.17, 15) is 9.59 Å². The largest absolute Gasteiger partial charge is 0.465 e. The number of halogens is 2. The molecule has 110 valence electrons. The molecular formula is C13H16Br2N2O3. The van der Waals surface area contributed by atoms with Gasteiger partial charge in [-0.05, 0) is 34.6 Å². The molecule has 1 aromatic carbocycles. The van der Waals surface area contributed by atoms with E-state index in [4.69, 9.17) is 4.74 Å². The standard InChI is InChI=1S/C13H16Br2N2O3/c1-3-16-5-4-11(18)17-12-9(13(19)20-2)6-8(14)7-10(12)15/h6-7,16H,3-5H2,1-2H3,(H,17,18). The number of carbonyl (C=O) groups excluding carboxylic acids is 2. The Morgan fingerprint density at radius 1 is 1.30 bits per heavy atom. The van der Waals surface area contributed by atoms with Gasteiger partial charge in [0, 0.05) is 21.9 Å². The third kappa shape index (κ3) is 4.88. The maximum Gasteiger partial charge on any atom is 0.340 e. The number of amides is 1. The first kappa shape index (κ1) is 17.1. The second-order valence-electron chi connectivity index (χ2n) is 3.95. The van der Waals surface area contributed by atoms with Gasteiger partial charge >= 0.3 is 5.97 Å². The van der Waals surface area contributed by atoms with Gasteiger partial charge in [-0.25, -0.2) is 4.79 Å². The highest BCUT2D eigenvalue weighted by Gasteiger charge is 2.17. The molecule has 2 N–H and O–H groups in total. The fourth-order valence-corrected chi connectivity index (χ4v) is 2.88. The average molecular weight is 408 g/mol. The van der Waals surface area contributed by atoms with E-state index in [1.807, 2.05) is 6.92 Å². The van der Waals surface area contributed by atoms with Crippen LogP contribution >= 0.6 is 31.9 Å². The van der Waals surface area contributed by atoms with Crippen LogP contribution in [0.1, 0.15) is 23.7 Å². The molecule has 0 fully saturated rings. The van der Waals surface area contributed by atoms with Crippen molar-refractivity contribution in [1.29, 1.82) is 0 Å². The topological polar surface area (TPSA) is 67.4 Å². The van der Waals surface area contributed by atoms with Gasteiger partial charge in [0.25, 0.3) is 0 Å². The van der Waals surface area contributed by atoms with Gasteiger partial charge in [0.05, 0.1) is 18.4 Å². The van der Waals surface area contributed by atoms with E-state index in [1.165, 1.54) is 7.11 Å². The van der Waals surface area contributed by atoms with E-state index in [1.54, 1.807) is 12.1 Å². The zero-order valence-corrected chi connectivity index (χ0v) is 14.4. The Bertz CT molecular complexity index is 507. The first-order valence-corrected chi connectivity index (χ1v) is 7.66. The Morgan fingerprint density at radius 3 is 2.60 bits per heavy atom. The summed E-state index contributed by atoms with van der Waals surface area (Å²) in [5, 5.41) is 5.80. The number of anilines is 1. The molecule has 0 aliphatic heterocycles. The second kappa shape index (κ2) is 8.39. The summed E-state index contributed by atoms with van der Waals surface area (Å²) in [5.74, 6) is -0.673. The minimum absolute atomic E-state index is 0.167. The zero-order chi connectivity index (χ0) is 15.1. The van der Waals surface area contributed by atoms with E-state index in [0.29, 0.717) is 28.7 Å².